The molecule has 5 aromatic rings. The SMILES string of the molecule is Cc1ncnc(C(=O)N2CCC3(CC2)O[C@H](C)c2c3c(=O)n3nc(-c4ccc(CN(C)C)c(F)c4F)nc3n2CC(=O)Nc2ccc(C(F)(F)F)cc2Cl)c1O. The number of ether oxygens (including phenoxy) is 1. The second-order valence-electron chi connectivity index (χ2n) is 13.9. The van der Waals surface area contributed by atoms with Crippen LogP contribution in [-0.2, 0) is 34.4 Å². The van der Waals surface area contributed by atoms with E-state index < -0.39 is 59.0 Å². The van der Waals surface area contributed by atoms with Gasteiger partial charge in [0.2, 0.25) is 11.7 Å². The van der Waals surface area contributed by atoms with E-state index in [0.717, 1.165) is 23.0 Å². The van der Waals surface area contributed by atoms with E-state index in [-0.39, 0.29) is 94.3 Å². The Morgan fingerprint density at radius 3 is 2.48 bits per heavy atom. The maximum atomic E-state index is 15.6. The number of carbonyl (C=O) groups excluding carboxylic acids is 2. The normalized spacial score (nSPS) is 16.6. The van der Waals surface area contributed by atoms with E-state index >= 15 is 8.78 Å². The molecule has 5 heterocycles. The van der Waals surface area contributed by atoms with Gasteiger partial charge in [0.25, 0.3) is 11.5 Å². The van der Waals surface area contributed by atoms with Crippen molar-refractivity contribution in [3.8, 4) is 17.1 Å². The number of aromatic hydroxyl groups is 1. The summed E-state index contributed by atoms with van der Waals surface area (Å²) in [5, 5.41) is 16.8. The number of hydrogen-bond donors (Lipinski definition) is 2. The van der Waals surface area contributed by atoms with Gasteiger partial charge in [-0.25, -0.2) is 18.7 Å². The van der Waals surface area contributed by atoms with Crippen molar-refractivity contribution >= 4 is 34.9 Å². The van der Waals surface area contributed by atoms with Gasteiger partial charge in [0.1, 0.15) is 18.5 Å². The summed E-state index contributed by atoms with van der Waals surface area (Å²) in [5.41, 5.74) is -3.13. The van der Waals surface area contributed by atoms with Gasteiger partial charge in [-0.15, -0.1) is 5.10 Å². The molecule has 7 rings (SSSR count). The van der Waals surface area contributed by atoms with Gasteiger partial charge >= 0.3 is 6.18 Å². The molecule has 1 atom stereocenters. The second kappa shape index (κ2) is 14.2. The van der Waals surface area contributed by atoms with Crippen molar-refractivity contribution < 1.29 is 41.4 Å². The molecule has 0 radical (unpaired) electrons. The molecule has 0 aliphatic carbocycles. The summed E-state index contributed by atoms with van der Waals surface area (Å²) in [6, 6.07) is 5.07. The number of amides is 2. The number of anilines is 1. The van der Waals surface area contributed by atoms with Crippen LogP contribution in [0.4, 0.5) is 27.6 Å². The van der Waals surface area contributed by atoms with Crippen LogP contribution in [0.1, 0.15) is 64.4 Å². The van der Waals surface area contributed by atoms with Crippen LogP contribution in [0.15, 0.2) is 41.5 Å². The number of nitrogens with zero attached hydrogens (tertiary/aromatic N) is 8. The molecule has 20 heteroatoms. The summed E-state index contributed by atoms with van der Waals surface area (Å²) >= 11 is 6.11. The lowest BCUT2D eigenvalue weighted by atomic mass is 9.85. The minimum Gasteiger partial charge on any atom is -0.504 e. The Kier molecular flexibility index (Phi) is 9.82. The fraction of sp³-hybridized carbons (Fsp3) is 0.361. The number of aromatic nitrogens is 6. The first-order valence-corrected chi connectivity index (χ1v) is 17.6. The summed E-state index contributed by atoms with van der Waals surface area (Å²) in [7, 11) is 3.38. The van der Waals surface area contributed by atoms with Crippen LogP contribution in [0.25, 0.3) is 17.2 Å². The van der Waals surface area contributed by atoms with E-state index in [1.807, 2.05) is 0 Å². The molecule has 2 aromatic carbocycles. The highest BCUT2D eigenvalue weighted by atomic mass is 35.5. The quantitative estimate of drug-likeness (QED) is 0.209. The van der Waals surface area contributed by atoms with Crippen LogP contribution < -0.4 is 10.9 Å². The lowest BCUT2D eigenvalue weighted by Gasteiger charge is -2.39. The summed E-state index contributed by atoms with van der Waals surface area (Å²) < 4.78 is 79.3. The van der Waals surface area contributed by atoms with Crippen molar-refractivity contribution in [2.45, 2.75) is 57.7 Å². The zero-order valence-electron chi connectivity index (χ0n) is 30.2. The van der Waals surface area contributed by atoms with Gasteiger partial charge in [-0.3, -0.25) is 14.4 Å². The molecule has 14 nitrogen and oxygen atoms in total. The third-order valence-corrected chi connectivity index (χ3v) is 10.2. The number of aryl methyl sites for hydroxylation is 1. The highest BCUT2D eigenvalue weighted by molar-refractivity contribution is 6.33. The van der Waals surface area contributed by atoms with Crippen molar-refractivity contribution in [2.24, 2.45) is 0 Å². The molecule has 56 heavy (non-hydrogen) atoms. The number of carbonyl (C=O) groups is 2. The van der Waals surface area contributed by atoms with E-state index in [4.69, 9.17) is 16.3 Å². The molecule has 0 unspecified atom stereocenters. The minimum atomic E-state index is -4.68. The van der Waals surface area contributed by atoms with Crippen LogP contribution in [0.3, 0.4) is 0 Å². The predicted octanol–water partition coefficient (Wildman–Crippen LogP) is 5.24. The molecule has 2 aliphatic rings. The van der Waals surface area contributed by atoms with Gasteiger partial charge in [-0.1, -0.05) is 17.7 Å². The number of rotatable bonds is 7. The Labute approximate surface area is 319 Å². The van der Waals surface area contributed by atoms with E-state index in [9.17, 15) is 32.7 Å². The van der Waals surface area contributed by atoms with Crippen molar-refractivity contribution in [1.29, 1.82) is 0 Å². The van der Waals surface area contributed by atoms with Crippen LogP contribution in [0.2, 0.25) is 5.02 Å². The van der Waals surface area contributed by atoms with Gasteiger partial charge in [0.05, 0.1) is 44.9 Å². The maximum Gasteiger partial charge on any atom is 0.416 e. The zero-order chi connectivity index (χ0) is 40.4. The highest BCUT2D eigenvalue weighted by Crippen LogP contribution is 2.48. The number of fused-ring (bicyclic) bond motifs is 3. The van der Waals surface area contributed by atoms with Crippen LogP contribution in [-0.4, -0.2) is 83.0 Å². The molecule has 1 spiro atoms. The minimum absolute atomic E-state index is 0.0598. The molecule has 294 valence electrons. The fourth-order valence-electron chi connectivity index (χ4n) is 7.21. The molecule has 2 N–H and O–H groups in total. The lowest BCUT2D eigenvalue weighted by molar-refractivity contribution is -0.137. The molecule has 2 aliphatic heterocycles. The average Bonchev–Trinajstić information content (AvgIpc) is 3.70. The first-order valence-electron chi connectivity index (χ1n) is 17.2. The highest BCUT2D eigenvalue weighted by Gasteiger charge is 2.51. The molecular weight excluding hydrogens is 769 g/mol. The Balaban J connectivity index is 1.31. The molecule has 3 aromatic heterocycles. The number of alkyl halides is 3. The van der Waals surface area contributed by atoms with Crippen molar-refractivity contribution in [3.05, 3.63) is 97.4 Å². The second-order valence-corrected chi connectivity index (χ2v) is 14.3. The number of piperidine rings is 1. The number of hydrogen-bond acceptors (Lipinski definition) is 10. The number of halogens is 6. The fourth-order valence-corrected chi connectivity index (χ4v) is 7.44. The Hall–Kier alpha value is -5.53. The van der Waals surface area contributed by atoms with Crippen molar-refractivity contribution in [3.63, 3.8) is 0 Å². The Morgan fingerprint density at radius 2 is 1.82 bits per heavy atom. The molecule has 0 saturated carbocycles. The molecule has 2 amide bonds. The van der Waals surface area contributed by atoms with E-state index in [0.29, 0.717) is 6.07 Å². The molecule has 1 fully saturated rings. The maximum absolute atomic E-state index is 15.6. The topological polar surface area (TPSA) is 160 Å². The summed E-state index contributed by atoms with van der Waals surface area (Å²) in [6.07, 6.45) is -4.21. The largest absolute Gasteiger partial charge is 0.504 e. The molecule has 1 saturated heterocycles. The van der Waals surface area contributed by atoms with Crippen molar-refractivity contribution in [2.75, 3.05) is 32.5 Å². The standard InChI is InChI=1S/C36H33ClF5N9O5/c1-17-30(53)28(44-16-43-17)33(55)49-11-9-35(10-12-49)25-29(18(2)56-35)50(15-24(52)45-23-8-6-20(13-22(23)37)36(40,41)42)34-46-31(47-51(34)32(25)54)21-7-5-19(14-48(3)4)26(38)27(21)39/h5-8,13,16,18,53H,9-12,14-15H2,1-4H3,(H,45,52)/t18-/m1/s1. The average molecular weight is 802 g/mol. The number of benzene rings is 2. The van der Waals surface area contributed by atoms with Gasteiger partial charge in [-0.2, -0.15) is 22.7 Å². The van der Waals surface area contributed by atoms with Gasteiger partial charge in [0, 0.05) is 25.2 Å². The van der Waals surface area contributed by atoms with Gasteiger partial charge < -0.3 is 29.5 Å². The Morgan fingerprint density at radius 1 is 1.11 bits per heavy atom. The Bertz CT molecular complexity index is 2480. The summed E-state index contributed by atoms with van der Waals surface area (Å²) in [5.74, 6) is -4.69. The number of nitrogens with one attached hydrogen (secondary N) is 1. The van der Waals surface area contributed by atoms with E-state index in [2.05, 4.69) is 25.4 Å². The predicted molar refractivity (Wildman–Crippen MR) is 190 cm³/mol. The monoisotopic (exact) mass is 801 g/mol. The van der Waals surface area contributed by atoms with Crippen LogP contribution in [0.5, 0.6) is 5.75 Å². The number of likely N-dealkylation sites (tertiary alicyclic amines) is 1. The first kappa shape index (κ1) is 38.7. The molecule has 0 bridgehead atoms. The van der Waals surface area contributed by atoms with E-state index in [1.54, 1.807) is 25.9 Å². The smallest absolute Gasteiger partial charge is 0.416 e. The van der Waals surface area contributed by atoms with Crippen LogP contribution >= 0.6 is 11.6 Å². The van der Waals surface area contributed by atoms with Crippen LogP contribution in [0, 0.1) is 18.6 Å². The third kappa shape index (κ3) is 6.72. The summed E-state index contributed by atoms with van der Waals surface area (Å²) in [6.45, 7) is 2.78. The lowest BCUT2D eigenvalue weighted by Crippen LogP contribution is -2.47. The van der Waals surface area contributed by atoms with Gasteiger partial charge in [0.15, 0.2) is 28.9 Å². The van der Waals surface area contributed by atoms with Gasteiger partial charge in [-0.05, 0) is 65.0 Å². The first-order chi connectivity index (χ1) is 26.4. The summed E-state index contributed by atoms with van der Waals surface area (Å²) in [4.78, 5) is 56.8. The molecular formula is C36H33ClF5N9O5. The van der Waals surface area contributed by atoms with E-state index in [1.165, 1.54) is 28.5 Å². The third-order valence-electron chi connectivity index (χ3n) is 9.86. The zero-order valence-corrected chi connectivity index (χ0v) is 31.0. The van der Waals surface area contributed by atoms with Crippen molar-refractivity contribution in [1.82, 2.24) is 38.9 Å².